The Morgan fingerprint density at radius 1 is 1.33 bits per heavy atom. The highest BCUT2D eigenvalue weighted by molar-refractivity contribution is 5.89. The van der Waals surface area contributed by atoms with E-state index in [0.717, 1.165) is 30.3 Å². The molecule has 0 aliphatic heterocycles. The summed E-state index contributed by atoms with van der Waals surface area (Å²) in [6.45, 7) is 4.10. The molecule has 0 spiro atoms. The number of aryl methyl sites for hydroxylation is 3. The maximum atomic E-state index is 11.6. The van der Waals surface area contributed by atoms with Crippen molar-refractivity contribution in [2.24, 2.45) is 0 Å². The molecule has 1 aliphatic carbocycles. The van der Waals surface area contributed by atoms with Gasteiger partial charge in [-0.25, -0.2) is 9.78 Å². The topological polar surface area (TPSA) is 64.2 Å². The zero-order valence-corrected chi connectivity index (χ0v) is 12.5. The number of hydrogen-bond acceptors (Lipinski definition) is 4. The molecule has 0 aromatic carbocycles. The predicted molar refractivity (Wildman–Crippen MR) is 79.8 cm³/mol. The number of H-pyrrole nitrogens is 1. The molecule has 5 heteroatoms. The van der Waals surface area contributed by atoms with Gasteiger partial charge < -0.3 is 14.5 Å². The quantitative estimate of drug-likeness (QED) is 0.877. The van der Waals surface area contributed by atoms with Crippen LogP contribution in [0.15, 0.2) is 6.20 Å². The van der Waals surface area contributed by atoms with Crippen molar-refractivity contribution >= 4 is 17.1 Å². The molecular weight excluding hydrogens is 268 g/mol. The standard InChI is InChI=1S/C16H20N2O3/c1-3-10-14-11-7-5-6-8-12(11)18-13(14)9-17-15(10)21-16(19)20-4-2/h9,18H,3-8H2,1-2H3. The van der Waals surface area contributed by atoms with E-state index in [1.54, 1.807) is 13.1 Å². The van der Waals surface area contributed by atoms with Gasteiger partial charge in [-0.1, -0.05) is 6.92 Å². The highest BCUT2D eigenvalue weighted by atomic mass is 16.7. The molecule has 112 valence electrons. The van der Waals surface area contributed by atoms with Crippen molar-refractivity contribution in [3.63, 3.8) is 0 Å². The summed E-state index contributed by atoms with van der Waals surface area (Å²) in [5, 5.41) is 1.18. The van der Waals surface area contributed by atoms with Crippen molar-refractivity contribution < 1.29 is 14.3 Å². The Balaban J connectivity index is 2.07. The summed E-state index contributed by atoms with van der Waals surface area (Å²) in [5.74, 6) is 0.371. The number of rotatable bonds is 3. The van der Waals surface area contributed by atoms with Crippen molar-refractivity contribution in [3.8, 4) is 5.88 Å². The van der Waals surface area contributed by atoms with Gasteiger partial charge in [-0.3, -0.25) is 0 Å². The summed E-state index contributed by atoms with van der Waals surface area (Å²) in [6.07, 6.45) is 6.42. The van der Waals surface area contributed by atoms with Gasteiger partial charge in [-0.05, 0) is 44.6 Å². The third-order valence-corrected chi connectivity index (χ3v) is 3.99. The lowest BCUT2D eigenvalue weighted by Gasteiger charge is -2.13. The van der Waals surface area contributed by atoms with E-state index in [0.29, 0.717) is 12.5 Å². The molecule has 0 bridgehead atoms. The number of hydrogen-bond donors (Lipinski definition) is 1. The third kappa shape index (κ3) is 2.48. The Kier molecular flexibility index (Phi) is 3.82. The first-order valence-electron chi connectivity index (χ1n) is 7.60. The zero-order chi connectivity index (χ0) is 14.8. The molecule has 0 amide bonds. The molecule has 0 unspecified atom stereocenters. The van der Waals surface area contributed by atoms with Crippen molar-refractivity contribution in [1.82, 2.24) is 9.97 Å². The van der Waals surface area contributed by atoms with E-state index >= 15 is 0 Å². The van der Waals surface area contributed by atoms with Crippen LogP contribution in [0.2, 0.25) is 0 Å². The number of aromatic amines is 1. The van der Waals surface area contributed by atoms with Crippen LogP contribution in [0.3, 0.4) is 0 Å². The molecule has 2 heterocycles. The monoisotopic (exact) mass is 288 g/mol. The van der Waals surface area contributed by atoms with E-state index in [-0.39, 0.29) is 0 Å². The van der Waals surface area contributed by atoms with Crippen molar-refractivity contribution in [2.45, 2.75) is 46.0 Å². The van der Waals surface area contributed by atoms with Gasteiger partial charge in [0.25, 0.3) is 0 Å². The second-order valence-electron chi connectivity index (χ2n) is 5.26. The minimum atomic E-state index is -0.691. The smallest absolute Gasteiger partial charge is 0.434 e. The Morgan fingerprint density at radius 3 is 2.90 bits per heavy atom. The summed E-state index contributed by atoms with van der Waals surface area (Å²) >= 11 is 0. The van der Waals surface area contributed by atoms with E-state index in [9.17, 15) is 4.79 Å². The molecule has 1 aliphatic rings. The molecule has 0 radical (unpaired) electrons. The summed E-state index contributed by atoms with van der Waals surface area (Å²) in [4.78, 5) is 19.3. The minimum Gasteiger partial charge on any atom is -0.434 e. The van der Waals surface area contributed by atoms with Gasteiger partial charge in [-0.15, -0.1) is 0 Å². The molecule has 1 N–H and O–H groups in total. The Hall–Kier alpha value is -2.04. The number of nitrogens with one attached hydrogen (secondary N) is 1. The number of fused-ring (bicyclic) bond motifs is 3. The normalized spacial score (nSPS) is 14.0. The van der Waals surface area contributed by atoms with Crippen LogP contribution in [0, 0.1) is 0 Å². The largest absolute Gasteiger partial charge is 0.515 e. The highest BCUT2D eigenvalue weighted by Gasteiger charge is 2.21. The van der Waals surface area contributed by atoms with Crippen molar-refractivity contribution in [2.75, 3.05) is 6.61 Å². The average Bonchev–Trinajstić information content (AvgIpc) is 2.86. The van der Waals surface area contributed by atoms with Crippen LogP contribution in [-0.2, 0) is 24.0 Å². The van der Waals surface area contributed by atoms with E-state index in [1.165, 1.54) is 29.5 Å². The molecule has 0 fully saturated rings. The van der Waals surface area contributed by atoms with Crippen LogP contribution in [-0.4, -0.2) is 22.7 Å². The Labute approximate surface area is 123 Å². The first-order chi connectivity index (χ1) is 10.2. The number of carbonyl (C=O) groups excluding carboxylic acids is 1. The fraction of sp³-hybridized carbons (Fsp3) is 0.500. The number of ether oxygens (including phenoxy) is 2. The van der Waals surface area contributed by atoms with Gasteiger partial charge in [-0.2, -0.15) is 0 Å². The Morgan fingerprint density at radius 2 is 2.14 bits per heavy atom. The first-order valence-corrected chi connectivity index (χ1v) is 7.60. The van der Waals surface area contributed by atoms with Gasteiger partial charge in [0.2, 0.25) is 5.88 Å². The van der Waals surface area contributed by atoms with Gasteiger partial charge in [0.1, 0.15) is 0 Å². The molecule has 2 aromatic heterocycles. The number of nitrogens with zero attached hydrogens (tertiary/aromatic N) is 1. The molecule has 0 saturated heterocycles. The Bertz CT molecular complexity index is 676. The van der Waals surface area contributed by atoms with E-state index < -0.39 is 6.16 Å². The highest BCUT2D eigenvalue weighted by Crippen LogP contribution is 2.34. The van der Waals surface area contributed by atoms with Crippen LogP contribution < -0.4 is 4.74 Å². The summed E-state index contributed by atoms with van der Waals surface area (Å²) in [7, 11) is 0. The molecule has 5 nitrogen and oxygen atoms in total. The van der Waals surface area contributed by atoms with Gasteiger partial charge in [0.05, 0.1) is 18.3 Å². The van der Waals surface area contributed by atoms with E-state index in [2.05, 4.69) is 16.9 Å². The maximum absolute atomic E-state index is 11.6. The predicted octanol–water partition coefficient (Wildman–Crippen LogP) is 3.54. The van der Waals surface area contributed by atoms with Crippen molar-refractivity contribution in [1.29, 1.82) is 0 Å². The first kappa shape index (κ1) is 13.9. The molecule has 0 atom stereocenters. The third-order valence-electron chi connectivity index (χ3n) is 3.99. The fourth-order valence-electron chi connectivity index (χ4n) is 3.10. The lowest BCUT2D eigenvalue weighted by atomic mass is 9.94. The zero-order valence-electron chi connectivity index (χ0n) is 12.5. The van der Waals surface area contributed by atoms with E-state index in [4.69, 9.17) is 9.47 Å². The van der Waals surface area contributed by atoms with Crippen molar-refractivity contribution in [3.05, 3.63) is 23.0 Å². The van der Waals surface area contributed by atoms with Crippen LogP contribution in [0.4, 0.5) is 4.79 Å². The SMILES string of the molecule is CCOC(=O)Oc1ncc2[nH]c3c(c2c1CC)CCCC3. The van der Waals surface area contributed by atoms with Crippen LogP contribution in [0.25, 0.3) is 10.9 Å². The number of pyridine rings is 1. The molecule has 21 heavy (non-hydrogen) atoms. The molecule has 0 saturated carbocycles. The number of carbonyl (C=O) groups is 1. The second kappa shape index (κ2) is 5.76. The fourth-order valence-corrected chi connectivity index (χ4v) is 3.10. The lowest BCUT2D eigenvalue weighted by Crippen LogP contribution is -2.12. The summed E-state index contributed by atoms with van der Waals surface area (Å²) < 4.78 is 10.1. The summed E-state index contributed by atoms with van der Waals surface area (Å²) in [6, 6.07) is 0. The average molecular weight is 288 g/mol. The van der Waals surface area contributed by atoms with Crippen LogP contribution in [0.5, 0.6) is 5.88 Å². The van der Waals surface area contributed by atoms with Crippen LogP contribution >= 0.6 is 0 Å². The molecule has 3 rings (SSSR count). The maximum Gasteiger partial charge on any atom is 0.515 e. The van der Waals surface area contributed by atoms with Gasteiger partial charge in [0.15, 0.2) is 0 Å². The summed E-state index contributed by atoms with van der Waals surface area (Å²) in [5.41, 5.74) is 4.69. The van der Waals surface area contributed by atoms with Gasteiger partial charge >= 0.3 is 6.16 Å². The second-order valence-corrected chi connectivity index (χ2v) is 5.26. The molecule has 2 aromatic rings. The van der Waals surface area contributed by atoms with Gasteiger partial charge in [0, 0.05) is 16.6 Å². The minimum absolute atomic E-state index is 0.294. The molecular formula is C16H20N2O3. The van der Waals surface area contributed by atoms with E-state index in [1.807, 2.05) is 0 Å². The van der Waals surface area contributed by atoms with Crippen LogP contribution in [0.1, 0.15) is 43.5 Å². The number of aromatic nitrogens is 2. The lowest BCUT2D eigenvalue weighted by molar-refractivity contribution is 0.102.